The Balaban J connectivity index is 2.37. The second-order valence-corrected chi connectivity index (χ2v) is 6.22. The lowest BCUT2D eigenvalue weighted by molar-refractivity contribution is 0.0958. The van der Waals surface area contributed by atoms with Crippen molar-refractivity contribution in [2.75, 3.05) is 14.2 Å². The van der Waals surface area contributed by atoms with Crippen molar-refractivity contribution in [1.82, 2.24) is 0 Å². The first-order valence-corrected chi connectivity index (χ1v) is 7.20. The summed E-state index contributed by atoms with van der Waals surface area (Å²) in [6.45, 7) is 4.40. The number of carbonyl (C=O) groups is 1. The highest BCUT2D eigenvalue weighted by Crippen LogP contribution is 2.42. The number of ether oxygens (including phenoxy) is 2. The largest absolute Gasteiger partial charge is 0.493 e. The molecule has 0 heterocycles. The van der Waals surface area contributed by atoms with Crippen LogP contribution in [0.4, 0.5) is 0 Å². The molecule has 0 saturated carbocycles. The maximum atomic E-state index is 12.5. The van der Waals surface area contributed by atoms with Crippen molar-refractivity contribution in [3.63, 3.8) is 0 Å². The monoisotopic (exact) mass is 284 g/mol. The summed E-state index contributed by atoms with van der Waals surface area (Å²) in [5.41, 5.74) is 2.02. The Kier molecular flexibility index (Phi) is 3.16. The van der Waals surface area contributed by atoms with Crippen LogP contribution in [0.2, 0.25) is 0 Å². The molecule has 0 saturated heterocycles. The van der Waals surface area contributed by atoms with Crippen LogP contribution in [0.1, 0.15) is 42.6 Å². The van der Waals surface area contributed by atoms with Gasteiger partial charge < -0.3 is 9.47 Å². The first-order chi connectivity index (χ1) is 9.97. The maximum Gasteiger partial charge on any atom is 0.163 e. The van der Waals surface area contributed by atoms with E-state index in [2.05, 4.69) is 26.0 Å². The van der Waals surface area contributed by atoms with Crippen molar-refractivity contribution in [2.45, 2.75) is 32.1 Å². The van der Waals surface area contributed by atoms with E-state index in [1.54, 1.807) is 14.2 Å². The topological polar surface area (TPSA) is 35.5 Å². The summed E-state index contributed by atoms with van der Waals surface area (Å²) < 4.78 is 10.7. The van der Waals surface area contributed by atoms with Crippen molar-refractivity contribution in [3.05, 3.63) is 35.4 Å². The predicted molar refractivity (Wildman–Crippen MR) is 83.6 cm³/mol. The van der Waals surface area contributed by atoms with Crippen molar-refractivity contribution < 1.29 is 14.3 Å². The van der Waals surface area contributed by atoms with Crippen LogP contribution in [0.25, 0.3) is 10.8 Å². The number of fused-ring (bicyclic) bond motifs is 3. The quantitative estimate of drug-likeness (QED) is 0.832. The molecule has 0 radical (unpaired) electrons. The number of methoxy groups -OCH3 is 2. The van der Waals surface area contributed by atoms with E-state index in [9.17, 15) is 4.79 Å². The van der Waals surface area contributed by atoms with Crippen molar-refractivity contribution in [1.29, 1.82) is 0 Å². The van der Waals surface area contributed by atoms with Gasteiger partial charge in [-0.2, -0.15) is 0 Å². The van der Waals surface area contributed by atoms with Crippen molar-refractivity contribution >= 4 is 16.6 Å². The number of Topliss-reactive ketones (excluding diaryl/α,β-unsaturated/α-hetero) is 1. The summed E-state index contributed by atoms with van der Waals surface area (Å²) in [5, 5.41) is 1.97. The molecule has 3 heteroatoms. The minimum atomic E-state index is 0.0323. The van der Waals surface area contributed by atoms with Crippen LogP contribution < -0.4 is 9.47 Å². The van der Waals surface area contributed by atoms with Crippen LogP contribution in [0, 0.1) is 0 Å². The summed E-state index contributed by atoms with van der Waals surface area (Å²) in [4.78, 5) is 12.5. The molecular weight excluding hydrogens is 264 g/mol. The molecule has 0 aromatic heterocycles. The summed E-state index contributed by atoms with van der Waals surface area (Å²) in [6, 6.07) is 8.01. The highest BCUT2D eigenvalue weighted by molar-refractivity contribution is 6.11. The molecule has 0 aliphatic heterocycles. The van der Waals surface area contributed by atoms with Crippen LogP contribution in [-0.4, -0.2) is 20.0 Å². The zero-order valence-electron chi connectivity index (χ0n) is 12.9. The molecule has 0 spiro atoms. The fourth-order valence-corrected chi connectivity index (χ4v) is 3.20. The highest BCUT2D eigenvalue weighted by atomic mass is 16.5. The zero-order chi connectivity index (χ0) is 15.2. The maximum absolute atomic E-state index is 12.5. The van der Waals surface area contributed by atoms with Crippen LogP contribution in [0.15, 0.2) is 24.3 Å². The molecule has 0 bridgehead atoms. The Morgan fingerprint density at radius 3 is 2.38 bits per heavy atom. The molecule has 2 aromatic rings. The Bertz CT molecular complexity index is 729. The molecule has 0 atom stereocenters. The molecule has 1 aliphatic carbocycles. The second kappa shape index (κ2) is 4.76. The van der Waals surface area contributed by atoms with Crippen LogP contribution >= 0.6 is 0 Å². The van der Waals surface area contributed by atoms with E-state index in [1.807, 2.05) is 12.1 Å². The lowest BCUT2D eigenvalue weighted by atomic mass is 9.71. The highest BCUT2D eigenvalue weighted by Gasteiger charge is 2.33. The number of carbonyl (C=O) groups excluding carboxylic acids is 1. The third-order valence-electron chi connectivity index (χ3n) is 4.51. The Labute approximate surface area is 124 Å². The van der Waals surface area contributed by atoms with E-state index >= 15 is 0 Å². The molecule has 3 rings (SSSR count). The SMILES string of the molecule is COc1cc2ccc3c(c2cc1OC)C(=O)CCC3(C)C. The number of rotatable bonds is 2. The van der Waals surface area contributed by atoms with Gasteiger partial charge in [0.2, 0.25) is 0 Å². The molecule has 0 fully saturated rings. The van der Waals surface area contributed by atoms with Gasteiger partial charge in [0.1, 0.15) is 0 Å². The first kappa shape index (κ1) is 13.9. The summed E-state index contributed by atoms with van der Waals surface area (Å²) in [7, 11) is 3.24. The van der Waals surface area contributed by atoms with Gasteiger partial charge in [-0.05, 0) is 40.3 Å². The third-order valence-corrected chi connectivity index (χ3v) is 4.51. The number of hydrogen-bond donors (Lipinski definition) is 0. The van der Waals surface area contributed by atoms with Gasteiger partial charge in [-0.25, -0.2) is 0 Å². The van der Waals surface area contributed by atoms with Crippen LogP contribution in [0.3, 0.4) is 0 Å². The lowest BCUT2D eigenvalue weighted by Gasteiger charge is -2.32. The van der Waals surface area contributed by atoms with E-state index in [4.69, 9.17) is 9.47 Å². The second-order valence-electron chi connectivity index (χ2n) is 6.22. The summed E-state index contributed by atoms with van der Waals surface area (Å²) >= 11 is 0. The number of ketones is 1. The van der Waals surface area contributed by atoms with Gasteiger partial charge in [-0.15, -0.1) is 0 Å². The predicted octanol–water partition coefficient (Wildman–Crippen LogP) is 4.11. The average molecular weight is 284 g/mol. The molecular formula is C18H20O3. The van der Waals surface area contributed by atoms with Gasteiger partial charge in [0.05, 0.1) is 14.2 Å². The minimum Gasteiger partial charge on any atom is -0.493 e. The third kappa shape index (κ3) is 2.08. The smallest absolute Gasteiger partial charge is 0.163 e. The van der Waals surface area contributed by atoms with E-state index in [0.717, 1.165) is 28.3 Å². The Morgan fingerprint density at radius 1 is 1.05 bits per heavy atom. The van der Waals surface area contributed by atoms with Gasteiger partial charge in [0, 0.05) is 12.0 Å². The van der Waals surface area contributed by atoms with Gasteiger partial charge in [-0.1, -0.05) is 26.0 Å². The molecule has 3 nitrogen and oxygen atoms in total. The van der Waals surface area contributed by atoms with Crippen LogP contribution in [-0.2, 0) is 5.41 Å². The fourth-order valence-electron chi connectivity index (χ4n) is 3.20. The van der Waals surface area contributed by atoms with E-state index < -0.39 is 0 Å². The van der Waals surface area contributed by atoms with Crippen LogP contribution in [0.5, 0.6) is 11.5 Å². The minimum absolute atomic E-state index is 0.0323. The summed E-state index contributed by atoms with van der Waals surface area (Å²) in [5.74, 6) is 1.57. The molecule has 0 N–H and O–H groups in total. The summed E-state index contributed by atoms with van der Waals surface area (Å²) in [6.07, 6.45) is 1.51. The van der Waals surface area contributed by atoms with Crippen molar-refractivity contribution in [3.8, 4) is 11.5 Å². The first-order valence-electron chi connectivity index (χ1n) is 7.20. The van der Waals surface area contributed by atoms with Gasteiger partial charge in [0.15, 0.2) is 17.3 Å². The molecule has 110 valence electrons. The molecule has 0 amide bonds. The molecule has 1 aliphatic rings. The van der Waals surface area contributed by atoms with E-state index in [-0.39, 0.29) is 11.2 Å². The average Bonchev–Trinajstić information content (AvgIpc) is 2.49. The zero-order valence-corrected chi connectivity index (χ0v) is 12.9. The van der Waals surface area contributed by atoms with E-state index in [0.29, 0.717) is 17.9 Å². The Morgan fingerprint density at radius 2 is 1.71 bits per heavy atom. The lowest BCUT2D eigenvalue weighted by Crippen LogP contribution is -2.27. The molecule has 0 unspecified atom stereocenters. The number of benzene rings is 2. The molecule has 2 aromatic carbocycles. The standard InChI is InChI=1S/C18H20O3/c1-18(2)8-7-14(19)17-12-10-16(21-4)15(20-3)9-11(12)5-6-13(17)18/h5-6,9-10H,7-8H2,1-4H3. The van der Waals surface area contributed by atoms with Crippen molar-refractivity contribution in [2.24, 2.45) is 0 Å². The normalized spacial score (nSPS) is 16.7. The van der Waals surface area contributed by atoms with Gasteiger partial charge in [-0.3, -0.25) is 4.79 Å². The molecule has 21 heavy (non-hydrogen) atoms. The number of hydrogen-bond acceptors (Lipinski definition) is 3. The van der Waals surface area contributed by atoms with E-state index in [1.165, 1.54) is 0 Å². The van der Waals surface area contributed by atoms with Gasteiger partial charge in [0.25, 0.3) is 0 Å². The van der Waals surface area contributed by atoms with Gasteiger partial charge >= 0.3 is 0 Å². The Hall–Kier alpha value is -2.03. The fraction of sp³-hybridized carbons (Fsp3) is 0.389.